The van der Waals surface area contributed by atoms with Gasteiger partial charge in [0.05, 0.1) is 0 Å². The molecule has 0 aromatic heterocycles. The Bertz CT molecular complexity index is 393. The largest absolute Gasteiger partial charge is 0.458 e. The number of carbonyl (C=O) groups is 2. The molecule has 3 heteroatoms. The van der Waals surface area contributed by atoms with Crippen LogP contribution in [0.5, 0.6) is 0 Å². The van der Waals surface area contributed by atoms with Crippen molar-refractivity contribution < 1.29 is 14.3 Å². The molecule has 0 aromatic rings. The van der Waals surface area contributed by atoms with Crippen molar-refractivity contribution in [3.05, 3.63) is 12.2 Å². The maximum atomic E-state index is 12.4. The number of ether oxygens (including phenoxy) is 1. The number of Topliss-reactive ketones (excluding diaryl/α,β-unsaturated/α-hetero) is 1. The first-order valence-electron chi connectivity index (χ1n) is 7.55. The molecule has 0 saturated heterocycles. The van der Waals surface area contributed by atoms with E-state index in [1.165, 1.54) is 0 Å². The van der Waals surface area contributed by atoms with Gasteiger partial charge in [0.15, 0.2) is 12.4 Å². The average Bonchev–Trinajstić information content (AvgIpc) is 2.61. The highest BCUT2D eigenvalue weighted by Crippen LogP contribution is 2.48. The molecule has 0 saturated carbocycles. The number of hydrogen-bond acceptors (Lipinski definition) is 3. The van der Waals surface area contributed by atoms with Gasteiger partial charge in [-0.25, -0.2) is 0 Å². The van der Waals surface area contributed by atoms with Crippen molar-refractivity contribution in [1.82, 2.24) is 0 Å². The van der Waals surface area contributed by atoms with Crippen molar-refractivity contribution in [3.63, 3.8) is 0 Å². The fourth-order valence-electron chi connectivity index (χ4n) is 2.54. The van der Waals surface area contributed by atoms with Crippen molar-refractivity contribution in [2.75, 3.05) is 6.61 Å². The van der Waals surface area contributed by atoms with Gasteiger partial charge in [0.25, 0.3) is 0 Å². The highest BCUT2D eigenvalue weighted by Gasteiger charge is 2.47. The van der Waals surface area contributed by atoms with Gasteiger partial charge < -0.3 is 4.74 Å². The van der Waals surface area contributed by atoms with Crippen molar-refractivity contribution in [2.45, 2.75) is 60.3 Å². The number of rotatable bonds is 7. The molecule has 1 rings (SSSR count). The van der Waals surface area contributed by atoms with Crippen LogP contribution in [0.25, 0.3) is 0 Å². The Morgan fingerprint density at radius 3 is 2.40 bits per heavy atom. The molecule has 0 aliphatic heterocycles. The zero-order valence-electron chi connectivity index (χ0n) is 13.5. The number of ketones is 1. The van der Waals surface area contributed by atoms with Crippen LogP contribution in [0.4, 0.5) is 0 Å². The zero-order valence-corrected chi connectivity index (χ0v) is 13.5. The van der Waals surface area contributed by atoms with Crippen LogP contribution in [0.3, 0.4) is 0 Å². The van der Waals surface area contributed by atoms with Crippen molar-refractivity contribution in [1.29, 1.82) is 0 Å². The molecule has 0 spiro atoms. The van der Waals surface area contributed by atoms with Crippen molar-refractivity contribution in [2.24, 2.45) is 16.7 Å². The Labute approximate surface area is 122 Å². The van der Waals surface area contributed by atoms with Gasteiger partial charge in [-0.1, -0.05) is 53.2 Å². The number of esters is 1. The SMILES string of the molecule is CC(C)CCCC(=O)OCC(=O)[C@]1(C)CC=CC1(C)C. The molecular weight excluding hydrogens is 252 g/mol. The molecule has 0 bridgehead atoms. The second-order valence-corrected chi connectivity index (χ2v) is 7.03. The first kappa shape index (κ1) is 16.9. The molecule has 20 heavy (non-hydrogen) atoms. The highest BCUT2D eigenvalue weighted by molar-refractivity contribution is 5.89. The lowest BCUT2D eigenvalue weighted by Crippen LogP contribution is -2.40. The van der Waals surface area contributed by atoms with Gasteiger partial charge >= 0.3 is 5.97 Å². The van der Waals surface area contributed by atoms with Crippen LogP contribution < -0.4 is 0 Å². The van der Waals surface area contributed by atoms with Crippen LogP contribution in [0.2, 0.25) is 0 Å². The van der Waals surface area contributed by atoms with Gasteiger partial charge in [0, 0.05) is 11.8 Å². The van der Waals surface area contributed by atoms with E-state index >= 15 is 0 Å². The third-order valence-electron chi connectivity index (χ3n) is 4.62. The molecule has 0 heterocycles. The van der Waals surface area contributed by atoms with E-state index in [0.29, 0.717) is 12.3 Å². The summed E-state index contributed by atoms with van der Waals surface area (Å²) in [7, 11) is 0. The predicted molar refractivity (Wildman–Crippen MR) is 80.3 cm³/mol. The zero-order chi connectivity index (χ0) is 15.4. The maximum absolute atomic E-state index is 12.4. The molecule has 114 valence electrons. The molecule has 1 aliphatic rings. The molecule has 0 radical (unpaired) electrons. The molecule has 0 fully saturated rings. The van der Waals surface area contributed by atoms with E-state index in [1.807, 2.05) is 13.0 Å². The molecule has 0 aromatic carbocycles. The Morgan fingerprint density at radius 1 is 1.25 bits per heavy atom. The molecule has 0 amide bonds. The Kier molecular flexibility index (Phi) is 5.55. The molecule has 0 N–H and O–H groups in total. The summed E-state index contributed by atoms with van der Waals surface area (Å²) in [6.45, 7) is 10.2. The van der Waals surface area contributed by atoms with E-state index in [0.717, 1.165) is 19.3 Å². The minimum atomic E-state index is -0.453. The third-order valence-corrected chi connectivity index (χ3v) is 4.62. The lowest BCUT2D eigenvalue weighted by atomic mass is 9.66. The molecular formula is C17H28O3. The van der Waals surface area contributed by atoms with Crippen LogP contribution in [0, 0.1) is 16.7 Å². The predicted octanol–water partition coefficient (Wildman–Crippen LogP) is 3.92. The van der Waals surface area contributed by atoms with E-state index in [1.54, 1.807) is 0 Å². The number of carbonyl (C=O) groups excluding carboxylic acids is 2. The first-order valence-corrected chi connectivity index (χ1v) is 7.55. The maximum Gasteiger partial charge on any atom is 0.306 e. The van der Waals surface area contributed by atoms with Gasteiger partial charge in [-0.2, -0.15) is 0 Å². The minimum absolute atomic E-state index is 0.0182. The molecule has 1 atom stereocenters. The Morgan fingerprint density at radius 2 is 1.90 bits per heavy atom. The third kappa shape index (κ3) is 3.94. The fourth-order valence-corrected chi connectivity index (χ4v) is 2.54. The van der Waals surface area contributed by atoms with Crippen LogP contribution in [0.15, 0.2) is 12.2 Å². The smallest absolute Gasteiger partial charge is 0.306 e. The summed E-state index contributed by atoms with van der Waals surface area (Å²) in [6.07, 6.45) is 7.10. The summed E-state index contributed by atoms with van der Waals surface area (Å²) in [5.41, 5.74) is -0.626. The van der Waals surface area contributed by atoms with Gasteiger partial charge in [-0.3, -0.25) is 9.59 Å². The fraction of sp³-hybridized carbons (Fsp3) is 0.765. The molecule has 3 nitrogen and oxygen atoms in total. The number of hydrogen-bond donors (Lipinski definition) is 0. The van der Waals surface area contributed by atoms with E-state index in [-0.39, 0.29) is 23.8 Å². The highest BCUT2D eigenvalue weighted by atomic mass is 16.5. The normalized spacial score (nSPS) is 24.1. The van der Waals surface area contributed by atoms with Crippen LogP contribution >= 0.6 is 0 Å². The van der Waals surface area contributed by atoms with Gasteiger partial charge in [0.2, 0.25) is 0 Å². The van der Waals surface area contributed by atoms with E-state index in [9.17, 15) is 9.59 Å². The summed E-state index contributed by atoms with van der Waals surface area (Å²) in [5, 5.41) is 0. The van der Waals surface area contributed by atoms with Crippen molar-refractivity contribution >= 4 is 11.8 Å². The molecule has 0 unspecified atom stereocenters. The van der Waals surface area contributed by atoms with E-state index in [4.69, 9.17) is 4.74 Å². The Hall–Kier alpha value is -1.12. The summed E-state index contributed by atoms with van der Waals surface area (Å²) in [4.78, 5) is 24.0. The second-order valence-electron chi connectivity index (χ2n) is 7.03. The number of allylic oxidation sites excluding steroid dienone is 2. The minimum Gasteiger partial charge on any atom is -0.458 e. The summed E-state index contributed by atoms with van der Waals surface area (Å²) >= 11 is 0. The summed E-state index contributed by atoms with van der Waals surface area (Å²) in [6, 6.07) is 0. The average molecular weight is 280 g/mol. The Balaban J connectivity index is 2.39. The second kappa shape index (κ2) is 6.55. The van der Waals surface area contributed by atoms with Gasteiger partial charge in [-0.05, 0) is 24.2 Å². The van der Waals surface area contributed by atoms with E-state index in [2.05, 4.69) is 33.8 Å². The lowest BCUT2D eigenvalue weighted by Gasteiger charge is -2.36. The quantitative estimate of drug-likeness (QED) is 0.524. The van der Waals surface area contributed by atoms with Gasteiger partial charge in [0.1, 0.15) is 0 Å². The van der Waals surface area contributed by atoms with Crippen LogP contribution in [0.1, 0.15) is 60.3 Å². The van der Waals surface area contributed by atoms with Crippen LogP contribution in [-0.4, -0.2) is 18.4 Å². The van der Waals surface area contributed by atoms with Crippen LogP contribution in [-0.2, 0) is 14.3 Å². The summed E-state index contributed by atoms with van der Waals surface area (Å²) < 4.78 is 5.14. The summed E-state index contributed by atoms with van der Waals surface area (Å²) in [5.74, 6) is 0.352. The topological polar surface area (TPSA) is 43.4 Å². The standard InChI is InChI=1S/C17H28O3/c1-13(2)8-6-9-15(19)20-12-14(18)17(5)11-7-10-16(17,3)4/h7,10,13H,6,8-9,11-12H2,1-5H3/t17-/m0/s1. The van der Waals surface area contributed by atoms with Crippen molar-refractivity contribution in [3.8, 4) is 0 Å². The molecule has 1 aliphatic carbocycles. The van der Waals surface area contributed by atoms with Gasteiger partial charge in [-0.15, -0.1) is 0 Å². The van der Waals surface area contributed by atoms with E-state index < -0.39 is 5.41 Å². The first-order chi connectivity index (χ1) is 9.19. The monoisotopic (exact) mass is 280 g/mol. The lowest BCUT2D eigenvalue weighted by molar-refractivity contribution is -0.152.